The van der Waals surface area contributed by atoms with E-state index in [4.69, 9.17) is 4.52 Å². The molecule has 0 radical (unpaired) electrons. The smallest absolute Gasteiger partial charge is 0.276 e. The molecule has 0 bridgehead atoms. The first-order chi connectivity index (χ1) is 9.56. The van der Waals surface area contributed by atoms with Crippen LogP contribution in [0.3, 0.4) is 0 Å². The van der Waals surface area contributed by atoms with Gasteiger partial charge in [0, 0.05) is 37.2 Å². The van der Waals surface area contributed by atoms with E-state index >= 15 is 0 Å². The third-order valence-corrected chi connectivity index (χ3v) is 4.51. The molecule has 1 amide bonds. The van der Waals surface area contributed by atoms with E-state index in [9.17, 15) is 4.79 Å². The first-order valence-electron chi connectivity index (χ1n) is 7.58. The summed E-state index contributed by atoms with van der Waals surface area (Å²) < 4.78 is 5.25. The van der Waals surface area contributed by atoms with Crippen LogP contribution in [-0.4, -0.2) is 52.6 Å². The molecule has 0 aliphatic carbocycles. The minimum atomic E-state index is 0.0136. The van der Waals surface area contributed by atoms with Crippen molar-refractivity contribution in [1.82, 2.24) is 15.0 Å². The van der Waals surface area contributed by atoms with E-state index < -0.39 is 0 Å². The number of carbonyl (C=O) groups is 1. The lowest BCUT2D eigenvalue weighted by molar-refractivity contribution is 0.0386. The van der Waals surface area contributed by atoms with Crippen LogP contribution in [0.1, 0.15) is 55.8 Å². The zero-order valence-electron chi connectivity index (χ0n) is 12.5. The Kier molecular flexibility index (Phi) is 3.54. The molecular weight excluding hydrogens is 254 g/mol. The number of amides is 1. The van der Waals surface area contributed by atoms with Crippen LogP contribution in [0, 0.1) is 0 Å². The summed E-state index contributed by atoms with van der Waals surface area (Å²) in [6, 6.07) is 2.57. The van der Waals surface area contributed by atoms with Gasteiger partial charge in [-0.05, 0) is 26.3 Å². The van der Waals surface area contributed by atoms with Gasteiger partial charge in [0.1, 0.15) is 5.76 Å². The number of piperazine rings is 1. The zero-order chi connectivity index (χ0) is 14.3. The van der Waals surface area contributed by atoms with Crippen molar-refractivity contribution in [3.8, 4) is 0 Å². The highest BCUT2D eigenvalue weighted by atomic mass is 16.5. The van der Waals surface area contributed by atoms with Gasteiger partial charge in [-0.2, -0.15) is 0 Å². The molecule has 5 nitrogen and oxygen atoms in total. The van der Waals surface area contributed by atoms with Crippen LogP contribution in [0.5, 0.6) is 0 Å². The maximum Gasteiger partial charge on any atom is 0.276 e. The zero-order valence-corrected chi connectivity index (χ0v) is 12.5. The molecule has 0 saturated carbocycles. The third kappa shape index (κ3) is 2.35. The maximum atomic E-state index is 12.6. The molecule has 1 aromatic heterocycles. The van der Waals surface area contributed by atoms with Crippen LogP contribution in [0.4, 0.5) is 0 Å². The molecule has 5 heteroatoms. The van der Waals surface area contributed by atoms with Crippen molar-refractivity contribution < 1.29 is 9.32 Å². The Morgan fingerprint density at radius 2 is 2.25 bits per heavy atom. The first-order valence-corrected chi connectivity index (χ1v) is 7.58. The number of hydrogen-bond donors (Lipinski definition) is 0. The molecule has 0 N–H and O–H groups in total. The lowest BCUT2D eigenvalue weighted by atomic mass is 10.1. The van der Waals surface area contributed by atoms with E-state index in [1.807, 2.05) is 18.7 Å². The standard InChI is InChI=1S/C15H23N3O2/c1-10(2)14-7-13(16-20-14)15(19)18-9-12-5-4-6-17(12)8-11(18)3/h7,10-12H,4-6,8-9H2,1-3H3. The molecule has 2 aliphatic rings. The van der Waals surface area contributed by atoms with Gasteiger partial charge in [0.25, 0.3) is 5.91 Å². The second-order valence-corrected chi connectivity index (χ2v) is 6.37. The SMILES string of the molecule is CC(C)c1cc(C(=O)N2CC3CCCN3CC2C)no1. The predicted octanol–water partition coefficient (Wildman–Crippen LogP) is 2.11. The summed E-state index contributed by atoms with van der Waals surface area (Å²) in [7, 11) is 0. The van der Waals surface area contributed by atoms with E-state index in [-0.39, 0.29) is 17.9 Å². The summed E-state index contributed by atoms with van der Waals surface area (Å²) in [5.74, 6) is 1.05. The molecule has 2 aliphatic heterocycles. The van der Waals surface area contributed by atoms with Crippen molar-refractivity contribution in [3.05, 3.63) is 17.5 Å². The van der Waals surface area contributed by atoms with Gasteiger partial charge in [0.2, 0.25) is 0 Å². The quantitative estimate of drug-likeness (QED) is 0.830. The van der Waals surface area contributed by atoms with Gasteiger partial charge < -0.3 is 9.42 Å². The molecular formula is C15H23N3O2. The Labute approximate surface area is 119 Å². The fraction of sp³-hybridized carbons (Fsp3) is 0.733. The van der Waals surface area contributed by atoms with Crippen molar-refractivity contribution in [1.29, 1.82) is 0 Å². The second-order valence-electron chi connectivity index (χ2n) is 6.37. The molecule has 0 aromatic carbocycles. The van der Waals surface area contributed by atoms with E-state index in [0.717, 1.165) is 18.8 Å². The number of rotatable bonds is 2. The van der Waals surface area contributed by atoms with E-state index in [1.54, 1.807) is 6.07 Å². The molecule has 3 heterocycles. The molecule has 110 valence electrons. The second kappa shape index (κ2) is 5.20. The highest BCUT2D eigenvalue weighted by Gasteiger charge is 2.37. The molecule has 3 rings (SSSR count). The third-order valence-electron chi connectivity index (χ3n) is 4.51. The number of carbonyl (C=O) groups excluding carboxylic acids is 1. The molecule has 2 fully saturated rings. The van der Waals surface area contributed by atoms with Crippen LogP contribution < -0.4 is 0 Å². The Balaban J connectivity index is 1.75. The van der Waals surface area contributed by atoms with Crippen molar-refractivity contribution in [2.24, 2.45) is 0 Å². The largest absolute Gasteiger partial charge is 0.360 e. The van der Waals surface area contributed by atoms with Gasteiger partial charge in [-0.1, -0.05) is 19.0 Å². The van der Waals surface area contributed by atoms with Gasteiger partial charge in [0.05, 0.1) is 0 Å². The normalized spacial score (nSPS) is 27.1. The minimum absolute atomic E-state index is 0.0136. The van der Waals surface area contributed by atoms with Crippen LogP contribution in [-0.2, 0) is 0 Å². The van der Waals surface area contributed by atoms with E-state index in [1.165, 1.54) is 19.4 Å². The summed E-state index contributed by atoms with van der Waals surface area (Å²) >= 11 is 0. The average Bonchev–Trinajstić information content (AvgIpc) is 3.05. The fourth-order valence-corrected chi connectivity index (χ4v) is 3.28. The van der Waals surface area contributed by atoms with Gasteiger partial charge in [-0.3, -0.25) is 9.69 Å². The number of nitrogens with zero attached hydrogens (tertiary/aromatic N) is 3. The summed E-state index contributed by atoms with van der Waals surface area (Å²) in [6.45, 7) is 9.17. The Morgan fingerprint density at radius 3 is 2.95 bits per heavy atom. The highest BCUT2D eigenvalue weighted by Crippen LogP contribution is 2.26. The molecule has 1 aromatic rings. The van der Waals surface area contributed by atoms with Gasteiger partial charge in [-0.25, -0.2) is 0 Å². The molecule has 2 unspecified atom stereocenters. The summed E-state index contributed by atoms with van der Waals surface area (Å²) in [4.78, 5) is 17.1. The Bertz CT molecular complexity index is 497. The molecule has 2 saturated heterocycles. The van der Waals surface area contributed by atoms with Crippen LogP contribution >= 0.6 is 0 Å². The topological polar surface area (TPSA) is 49.6 Å². The van der Waals surface area contributed by atoms with E-state index in [0.29, 0.717) is 11.7 Å². The van der Waals surface area contributed by atoms with Crippen LogP contribution in [0.2, 0.25) is 0 Å². The summed E-state index contributed by atoms with van der Waals surface area (Å²) in [5, 5.41) is 3.95. The van der Waals surface area contributed by atoms with Gasteiger partial charge in [0.15, 0.2) is 5.69 Å². The van der Waals surface area contributed by atoms with E-state index in [2.05, 4.69) is 17.0 Å². The fourth-order valence-electron chi connectivity index (χ4n) is 3.28. The highest BCUT2D eigenvalue weighted by molar-refractivity contribution is 5.92. The van der Waals surface area contributed by atoms with Crippen molar-refractivity contribution in [2.75, 3.05) is 19.6 Å². The maximum absolute atomic E-state index is 12.6. The predicted molar refractivity (Wildman–Crippen MR) is 75.7 cm³/mol. The van der Waals surface area contributed by atoms with Crippen molar-refractivity contribution in [3.63, 3.8) is 0 Å². The Hall–Kier alpha value is -1.36. The van der Waals surface area contributed by atoms with Crippen LogP contribution in [0.25, 0.3) is 0 Å². The van der Waals surface area contributed by atoms with Crippen molar-refractivity contribution in [2.45, 2.75) is 51.6 Å². The number of aromatic nitrogens is 1. The monoisotopic (exact) mass is 277 g/mol. The first kappa shape index (κ1) is 13.6. The lowest BCUT2D eigenvalue weighted by Crippen LogP contribution is -2.56. The molecule has 2 atom stereocenters. The average molecular weight is 277 g/mol. The Morgan fingerprint density at radius 1 is 1.45 bits per heavy atom. The molecule has 20 heavy (non-hydrogen) atoms. The van der Waals surface area contributed by atoms with Gasteiger partial charge in [-0.15, -0.1) is 0 Å². The summed E-state index contributed by atoms with van der Waals surface area (Å²) in [6.07, 6.45) is 2.45. The number of fused-ring (bicyclic) bond motifs is 1. The minimum Gasteiger partial charge on any atom is -0.360 e. The van der Waals surface area contributed by atoms with Crippen LogP contribution in [0.15, 0.2) is 10.6 Å². The summed E-state index contributed by atoms with van der Waals surface area (Å²) in [5.41, 5.74) is 0.451. The lowest BCUT2D eigenvalue weighted by Gasteiger charge is -2.41. The van der Waals surface area contributed by atoms with Gasteiger partial charge >= 0.3 is 0 Å². The molecule has 0 spiro atoms. The number of hydrogen-bond acceptors (Lipinski definition) is 4. The van der Waals surface area contributed by atoms with Crippen molar-refractivity contribution >= 4 is 5.91 Å².